The van der Waals surface area contributed by atoms with Crippen molar-refractivity contribution in [1.29, 1.82) is 0 Å². The van der Waals surface area contributed by atoms with Crippen molar-refractivity contribution in [3.05, 3.63) is 0 Å². The summed E-state index contributed by atoms with van der Waals surface area (Å²) in [6.45, 7) is 13.6. The molecule has 2 aliphatic heterocycles. The van der Waals surface area contributed by atoms with Crippen molar-refractivity contribution >= 4 is 14.0 Å². The van der Waals surface area contributed by atoms with Gasteiger partial charge in [0.2, 0.25) is 0 Å². The van der Waals surface area contributed by atoms with Crippen LogP contribution in [0.2, 0.25) is 0 Å². The summed E-state index contributed by atoms with van der Waals surface area (Å²) in [4.78, 5) is 0. The summed E-state index contributed by atoms with van der Waals surface area (Å²) in [6, 6.07) is 0. The van der Waals surface area contributed by atoms with E-state index in [-0.39, 0.29) is 0 Å². The lowest BCUT2D eigenvalue weighted by molar-refractivity contribution is -0.00411. The summed E-state index contributed by atoms with van der Waals surface area (Å²) >= 11 is 0. The van der Waals surface area contributed by atoms with Gasteiger partial charge < -0.3 is 24.4 Å². The Balaban J connectivity index is 2.14. The quantitative estimate of drug-likeness (QED) is 0.712. The summed E-state index contributed by atoms with van der Waals surface area (Å²) in [5.41, 5.74) is 3.85. The van der Waals surface area contributed by atoms with Crippen LogP contribution in [-0.2, 0) is 18.6 Å². The van der Waals surface area contributed by atoms with Gasteiger partial charge in [0.15, 0.2) is 0 Å². The van der Waals surface area contributed by atoms with E-state index in [0.717, 1.165) is 0 Å². The van der Waals surface area contributed by atoms with Crippen LogP contribution in [0.1, 0.15) is 48.5 Å². The van der Waals surface area contributed by atoms with E-state index in [1.807, 2.05) is 41.5 Å². The molecule has 2 saturated heterocycles. The second kappa shape index (κ2) is 3.73. The van der Waals surface area contributed by atoms with Crippen LogP contribution in [-0.4, -0.2) is 36.5 Å². The lowest BCUT2D eigenvalue weighted by atomic mass is 9.49. The largest absolute Gasteiger partial charge is 0.489 e. The van der Waals surface area contributed by atoms with Crippen LogP contribution in [0, 0.1) is 0 Å². The summed E-state index contributed by atoms with van der Waals surface area (Å²) in [5.74, 6) is 0. The van der Waals surface area contributed by atoms with Crippen molar-refractivity contribution in [2.75, 3.05) is 0 Å². The monoisotopic (exact) mass is 255 g/mol. The minimum atomic E-state index is -0.860. The highest BCUT2D eigenvalue weighted by molar-refractivity contribution is 7.11. The van der Waals surface area contributed by atoms with Crippen molar-refractivity contribution < 1.29 is 18.6 Å². The lowest BCUT2D eigenvalue weighted by Gasteiger charge is -2.32. The first-order valence-electron chi connectivity index (χ1n) is 6.38. The Morgan fingerprint density at radius 2 is 0.944 bits per heavy atom. The summed E-state index contributed by atoms with van der Waals surface area (Å²) in [5, 5.41) is 0. The molecule has 0 amide bonds. The minimum Gasteiger partial charge on any atom is -0.405 e. The molecule has 0 spiro atoms. The Labute approximate surface area is 110 Å². The maximum atomic E-state index is 6.09. The molecule has 1 unspecified atom stereocenters. The topological polar surface area (TPSA) is 62.9 Å². The van der Waals surface area contributed by atoms with Gasteiger partial charge in [-0.05, 0) is 48.5 Å². The molecule has 0 bridgehead atoms. The highest BCUT2D eigenvalue weighted by Crippen LogP contribution is 2.41. The van der Waals surface area contributed by atoms with Crippen LogP contribution >= 0.6 is 0 Å². The Morgan fingerprint density at radius 1 is 0.611 bits per heavy atom. The smallest absolute Gasteiger partial charge is 0.405 e. The molecule has 2 aliphatic rings. The van der Waals surface area contributed by atoms with Crippen molar-refractivity contribution in [2.24, 2.45) is 5.73 Å². The molecule has 0 aromatic heterocycles. The highest BCUT2D eigenvalue weighted by atomic mass is 16.7. The molecule has 102 valence electrons. The van der Waals surface area contributed by atoms with Crippen molar-refractivity contribution in [3.8, 4) is 0 Å². The molecule has 2 heterocycles. The van der Waals surface area contributed by atoms with E-state index in [4.69, 9.17) is 24.4 Å². The Morgan fingerprint density at radius 3 is 1.28 bits per heavy atom. The zero-order valence-electron chi connectivity index (χ0n) is 12.4. The fourth-order valence-corrected chi connectivity index (χ4v) is 1.93. The Hall–Kier alpha value is -0.0701. The molecule has 1 atom stereocenters. The van der Waals surface area contributed by atoms with E-state index in [9.17, 15) is 0 Å². The maximum Gasteiger partial charge on any atom is 0.489 e. The fourth-order valence-electron chi connectivity index (χ4n) is 1.93. The molecule has 7 heteroatoms. The molecule has 0 aromatic carbocycles. The molecular formula is C11H23B2NO4. The van der Waals surface area contributed by atoms with Crippen molar-refractivity contribution in [1.82, 2.24) is 0 Å². The minimum absolute atomic E-state index is 0.401. The van der Waals surface area contributed by atoms with Crippen LogP contribution in [0.25, 0.3) is 0 Å². The predicted octanol–water partition coefficient (Wildman–Crippen LogP) is 1.15. The van der Waals surface area contributed by atoms with E-state index in [1.165, 1.54) is 0 Å². The number of hydrogen-bond donors (Lipinski definition) is 1. The first-order chi connectivity index (χ1) is 7.88. The molecule has 0 aromatic rings. The summed E-state index contributed by atoms with van der Waals surface area (Å²) < 4.78 is 23.4. The van der Waals surface area contributed by atoms with Gasteiger partial charge in [0.1, 0.15) is 5.72 Å². The van der Waals surface area contributed by atoms with Crippen LogP contribution in [0.4, 0.5) is 0 Å². The van der Waals surface area contributed by atoms with E-state index in [2.05, 4.69) is 0 Å². The van der Waals surface area contributed by atoms with E-state index in [0.29, 0.717) is 0 Å². The van der Waals surface area contributed by atoms with Gasteiger partial charge in [-0.1, -0.05) is 0 Å². The van der Waals surface area contributed by atoms with Gasteiger partial charge in [-0.15, -0.1) is 0 Å². The molecular weight excluding hydrogens is 232 g/mol. The van der Waals surface area contributed by atoms with Gasteiger partial charge in [0, 0.05) is 0 Å². The highest BCUT2D eigenvalue weighted by Gasteiger charge is 2.64. The van der Waals surface area contributed by atoms with Crippen LogP contribution in [0.15, 0.2) is 0 Å². The number of rotatable bonds is 1. The molecule has 5 nitrogen and oxygen atoms in total. The third-order valence-corrected chi connectivity index (χ3v) is 4.46. The normalized spacial score (nSPS) is 37.3. The molecule has 0 radical (unpaired) electrons. The van der Waals surface area contributed by atoms with Gasteiger partial charge in [-0.25, -0.2) is 0 Å². The molecule has 0 saturated carbocycles. The Bertz CT molecular complexity index is 291. The van der Waals surface area contributed by atoms with Crippen molar-refractivity contribution in [2.45, 2.75) is 71.0 Å². The number of nitrogens with two attached hydrogens (primary N) is 1. The van der Waals surface area contributed by atoms with Gasteiger partial charge in [-0.3, -0.25) is 0 Å². The molecule has 0 aliphatic carbocycles. The molecule has 2 N–H and O–H groups in total. The predicted molar refractivity (Wildman–Crippen MR) is 70.7 cm³/mol. The lowest BCUT2D eigenvalue weighted by Crippen LogP contribution is -2.52. The Kier molecular flexibility index (Phi) is 2.97. The zero-order chi connectivity index (χ0) is 14.0. The van der Waals surface area contributed by atoms with Gasteiger partial charge in [0.25, 0.3) is 0 Å². The van der Waals surface area contributed by atoms with Crippen molar-refractivity contribution in [3.63, 3.8) is 0 Å². The van der Waals surface area contributed by atoms with Gasteiger partial charge >= 0.3 is 14.0 Å². The fraction of sp³-hybridized carbons (Fsp3) is 1.00. The zero-order valence-corrected chi connectivity index (χ0v) is 12.4. The molecule has 2 fully saturated rings. The van der Waals surface area contributed by atoms with Gasteiger partial charge in [-0.2, -0.15) is 0 Å². The van der Waals surface area contributed by atoms with E-state index < -0.39 is 36.5 Å². The average molecular weight is 255 g/mol. The number of hydrogen-bond acceptors (Lipinski definition) is 5. The summed E-state index contributed by atoms with van der Waals surface area (Å²) in [7, 11) is -1.16. The second-order valence-electron chi connectivity index (χ2n) is 6.85. The molecule has 18 heavy (non-hydrogen) atoms. The molecule has 2 rings (SSSR count). The van der Waals surface area contributed by atoms with Crippen LogP contribution in [0.3, 0.4) is 0 Å². The first-order valence-corrected chi connectivity index (χ1v) is 6.38. The van der Waals surface area contributed by atoms with Crippen LogP contribution < -0.4 is 5.73 Å². The van der Waals surface area contributed by atoms with Crippen LogP contribution in [0.5, 0.6) is 0 Å². The standard InChI is InChI=1S/C11H23B2NO4/c1-8(2)9(3,4)16-12(15-8)13-17-10(5,6)11(7,14)18-13/h14H2,1-7H3. The SMILES string of the molecule is CC1(C)OB(B2OC(C)(C)C(C)(N)O2)OC1(C)C. The second-order valence-corrected chi connectivity index (χ2v) is 6.85. The first kappa shape index (κ1) is 14.3. The third-order valence-electron chi connectivity index (χ3n) is 4.46. The summed E-state index contributed by atoms with van der Waals surface area (Å²) in [6.07, 6.45) is 0. The third kappa shape index (κ3) is 2.02. The van der Waals surface area contributed by atoms with Gasteiger partial charge in [0.05, 0.1) is 16.8 Å². The van der Waals surface area contributed by atoms with E-state index in [1.54, 1.807) is 6.92 Å². The van der Waals surface area contributed by atoms with E-state index >= 15 is 0 Å². The average Bonchev–Trinajstić information content (AvgIpc) is 2.45. The maximum absolute atomic E-state index is 6.09.